The number of aryl methyl sites for hydroxylation is 1. The Morgan fingerprint density at radius 1 is 1.40 bits per heavy atom. The maximum atomic E-state index is 11.6. The van der Waals surface area contributed by atoms with Gasteiger partial charge in [-0.05, 0) is 57.9 Å². The zero-order valence-corrected chi connectivity index (χ0v) is 16.4. The van der Waals surface area contributed by atoms with Crippen molar-refractivity contribution in [1.29, 1.82) is 0 Å². The average Bonchev–Trinajstić information content (AvgIpc) is 3.01. The van der Waals surface area contributed by atoms with Crippen LogP contribution in [-0.2, 0) is 11.2 Å². The highest BCUT2D eigenvalue weighted by atomic mass is 79.9. The molecule has 0 atom stereocenters. The second kappa shape index (κ2) is 8.91. The van der Waals surface area contributed by atoms with Crippen molar-refractivity contribution in [3.63, 3.8) is 0 Å². The smallest absolute Gasteiger partial charge is 0.342 e. The molecule has 2 rings (SSSR count). The van der Waals surface area contributed by atoms with Crippen LogP contribution in [0.2, 0.25) is 0 Å². The van der Waals surface area contributed by atoms with E-state index in [4.69, 9.17) is 9.47 Å². The second-order valence-corrected chi connectivity index (χ2v) is 6.83. The molecule has 25 heavy (non-hydrogen) atoms. The summed E-state index contributed by atoms with van der Waals surface area (Å²) in [5.41, 5.74) is 0.652. The fourth-order valence-electron chi connectivity index (χ4n) is 2.08. The Balaban J connectivity index is 2.33. The number of rotatable bonds is 8. The van der Waals surface area contributed by atoms with E-state index in [1.807, 2.05) is 6.92 Å². The largest absolute Gasteiger partial charge is 0.493 e. The monoisotopic (exact) mass is 427 g/mol. The van der Waals surface area contributed by atoms with Crippen LogP contribution in [-0.4, -0.2) is 40.5 Å². The van der Waals surface area contributed by atoms with Crippen LogP contribution in [0.3, 0.4) is 0 Å². The highest BCUT2D eigenvalue weighted by molar-refractivity contribution is 9.10. The number of carboxylic acid groups (broad SMARTS) is 1. The van der Waals surface area contributed by atoms with Gasteiger partial charge in [-0.25, -0.2) is 9.78 Å². The van der Waals surface area contributed by atoms with E-state index in [1.54, 1.807) is 12.1 Å². The zero-order chi connectivity index (χ0) is 18.4. The van der Waals surface area contributed by atoms with E-state index in [0.29, 0.717) is 26.7 Å². The molecule has 0 radical (unpaired) electrons. The van der Waals surface area contributed by atoms with E-state index < -0.39 is 5.97 Å². The van der Waals surface area contributed by atoms with Crippen molar-refractivity contribution in [3.05, 3.63) is 32.9 Å². The Morgan fingerprint density at radius 2 is 2.16 bits per heavy atom. The fourth-order valence-corrected chi connectivity index (χ4v) is 3.43. The van der Waals surface area contributed by atoms with Crippen molar-refractivity contribution in [2.45, 2.75) is 24.9 Å². The molecule has 1 heterocycles. The first-order valence-corrected chi connectivity index (χ1v) is 9.05. The third-order valence-electron chi connectivity index (χ3n) is 3.16. The van der Waals surface area contributed by atoms with E-state index >= 15 is 0 Å². The number of aromatic nitrogens is 3. The van der Waals surface area contributed by atoms with Crippen molar-refractivity contribution in [3.8, 4) is 11.5 Å². The summed E-state index contributed by atoms with van der Waals surface area (Å²) in [7, 11) is 3.06. The predicted octanol–water partition coefficient (Wildman–Crippen LogP) is 3.75. The van der Waals surface area contributed by atoms with E-state index in [1.165, 1.54) is 20.3 Å². The molecule has 9 heteroatoms. The topological polar surface area (TPSA) is 97.3 Å². The summed E-state index contributed by atoms with van der Waals surface area (Å²) in [5, 5.41) is 16.7. The van der Waals surface area contributed by atoms with Crippen LogP contribution in [0.4, 0.5) is 0 Å². The van der Waals surface area contributed by atoms with Crippen molar-refractivity contribution in [1.82, 2.24) is 15.2 Å². The Labute approximate surface area is 158 Å². The number of nitrogens with one attached hydrogen (secondary N) is 1. The minimum atomic E-state index is -1.06. The summed E-state index contributed by atoms with van der Waals surface area (Å²) < 4.78 is 11.2. The molecule has 0 aliphatic heterocycles. The van der Waals surface area contributed by atoms with Gasteiger partial charge in [-0.1, -0.05) is 6.92 Å². The average molecular weight is 428 g/mol. The number of hydrogen-bond acceptors (Lipinski definition) is 6. The molecule has 134 valence electrons. The molecule has 1 aromatic carbocycles. The van der Waals surface area contributed by atoms with E-state index in [2.05, 4.69) is 31.1 Å². The van der Waals surface area contributed by atoms with Gasteiger partial charge in [0, 0.05) is 6.42 Å². The number of benzene rings is 1. The summed E-state index contributed by atoms with van der Waals surface area (Å²) in [6, 6.07) is 3.46. The second-order valence-electron chi connectivity index (χ2n) is 4.97. The Hall–Kier alpha value is -2.00. The van der Waals surface area contributed by atoms with Gasteiger partial charge in [0.05, 0.1) is 18.7 Å². The Bertz CT molecular complexity index is 792. The van der Waals surface area contributed by atoms with Gasteiger partial charge < -0.3 is 14.6 Å². The lowest BCUT2D eigenvalue weighted by Crippen LogP contribution is -1.98. The number of ether oxygens (including phenoxy) is 2. The van der Waals surface area contributed by atoms with Crippen molar-refractivity contribution < 1.29 is 19.4 Å². The highest BCUT2D eigenvalue weighted by Crippen LogP contribution is 2.37. The number of halogens is 1. The molecule has 1 aromatic heterocycles. The van der Waals surface area contributed by atoms with Gasteiger partial charge in [-0.15, -0.1) is 5.10 Å². The maximum absolute atomic E-state index is 11.6. The molecule has 0 saturated carbocycles. The lowest BCUT2D eigenvalue weighted by Gasteiger charge is -2.10. The molecule has 2 N–H and O–H groups in total. The zero-order valence-electron chi connectivity index (χ0n) is 14.0. The van der Waals surface area contributed by atoms with E-state index in [9.17, 15) is 9.90 Å². The van der Waals surface area contributed by atoms with E-state index in [-0.39, 0.29) is 4.91 Å². The molecule has 0 amide bonds. The third-order valence-corrected chi connectivity index (χ3v) is 4.63. The molecule has 0 saturated heterocycles. The van der Waals surface area contributed by atoms with Gasteiger partial charge in [0.15, 0.2) is 11.5 Å². The molecule has 0 aliphatic carbocycles. The van der Waals surface area contributed by atoms with Crippen LogP contribution >= 0.6 is 27.7 Å². The van der Waals surface area contributed by atoms with Gasteiger partial charge in [0.1, 0.15) is 10.7 Å². The third kappa shape index (κ3) is 4.99. The number of methoxy groups -OCH3 is 2. The molecule has 7 nitrogen and oxygen atoms in total. The predicted molar refractivity (Wildman–Crippen MR) is 99.1 cm³/mol. The van der Waals surface area contributed by atoms with Crippen LogP contribution in [0.15, 0.2) is 26.7 Å². The minimum absolute atomic E-state index is 0.0983. The Morgan fingerprint density at radius 3 is 2.76 bits per heavy atom. The first kappa shape index (κ1) is 19.3. The molecule has 0 bridgehead atoms. The summed E-state index contributed by atoms with van der Waals surface area (Å²) in [6.07, 6.45) is 3.23. The number of aromatic amines is 1. The SMILES string of the molecule is CCCc1nc(S/C(=C\c2cc(Br)c(OC)c(OC)c2)C(=O)O)n[nH]1. The van der Waals surface area contributed by atoms with Gasteiger partial charge in [0.2, 0.25) is 5.16 Å². The van der Waals surface area contributed by atoms with Crippen LogP contribution < -0.4 is 9.47 Å². The standard InChI is InChI=1S/C16H18BrN3O4S/c1-4-5-13-18-16(20-19-13)25-12(15(21)22)8-9-6-10(17)14(24-3)11(7-9)23-2/h6-8H,4-5H2,1-3H3,(H,21,22)(H,18,19,20)/b12-8-. The van der Waals surface area contributed by atoms with Crippen molar-refractivity contribution in [2.24, 2.45) is 0 Å². The molecule has 0 unspecified atom stereocenters. The van der Waals surface area contributed by atoms with Crippen LogP contribution in [0.25, 0.3) is 6.08 Å². The van der Waals surface area contributed by atoms with Crippen molar-refractivity contribution in [2.75, 3.05) is 14.2 Å². The van der Waals surface area contributed by atoms with Crippen molar-refractivity contribution >= 4 is 39.7 Å². The number of aliphatic carboxylic acids is 1. The summed E-state index contributed by atoms with van der Waals surface area (Å²) in [5.74, 6) is 0.727. The fraction of sp³-hybridized carbons (Fsp3) is 0.312. The molecular weight excluding hydrogens is 410 g/mol. The number of nitrogens with zero attached hydrogens (tertiary/aromatic N) is 2. The van der Waals surface area contributed by atoms with Gasteiger partial charge in [-0.2, -0.15) is 0 Å². The van der Waals surface area contributed by atoms with Crippen LogP contribution in [0.5, 0.6) is 11.5 Å². The lowest BCUT2D eigenvalue weighted by molar-refractivity contribution is -0.131. The first-order chi connectivity index (χ1) is 12.0. The molecule has 0 aliphatic rings. The highest BCUT2D eigenvalue weighted by Gasteiger charge is 2.15. The normalized spacial score (nSPS) is 11.4. The van der Waals surface area contributed by atoms with Gasteiger partial charge in [0.25, 0.3) is 0 Å². The molecule has 0 fully saturated rings. The minimum Gasteiger partial charge on any atom is -0.493 e. The molecule has 2 aromatic rings. The number of hydrogen-bond donors (Lipinski definition) is 2. The Kier molecular flexibility index (Phi) is 6.89. The van der Waals surface area contributed by atoms with Crippen LogP contribution in [0.1, 0.15) is 24.7 Å². The number of carboxylic acids is 1. The van der Waals surface area contributed by atoms with E-state index in [0.717, 1.165) is 30.4 Å². The number of carbonyl (C=O) groups is 1. The quantitative estimate of drug-likeness (QED) is 0.488. The number of thioether (sulfide) groups is 1. The maximum Gasteiger partial charge on any atom is 0.342 e. The summed E-state index contributed by atoms with van der Waals surface area (Å²) in [6.45, 7) is 2.03. The molecule has 0 spiro atoms. The van der Waals surface area contributed by atoms with Gasteiger partial charge in [-0.3, -0.25) is 5.10 Å². The summed E-state index contributed by atoms with van der Waals surface area (Å²) >= 11 is 4.38. The molecular formula is C16H18BrN3O4S. The summed E-state index contributed by atoms with van der Waals surface area (Å²) in [4.78, 5) is 16.0. The van der Waals surface area contributed by atoms with Crippen LogP contribution in [0, 0.1) is 0 Å². The number of H-pyrrole nitrogens is 1. The lowest BCUT2D eigenvalue weighted by atomic mass is 10.2. The first-order valence-electron chi connectivity index (χ1n) is 7.44. The van der Waals surface area contributed by atoms with Gasteiger partial charge >= 0.3 is 5.97 Å².